The molecular formula is C22H29N3O3S. The fourth-order valence-corrected chi connectivity index (χ4v) is 4.48. The van der Waals surface area contributed by atoms with Crippen LogP contribution in [-0.2, 0) is 21.4 Å². The SMILES string of the molecule is Cc1ccc(S(=O)(=O)NCCCC(=O)N2CCN(Cc3ccccc3)CC2)cc1. The number of piperazine rings is 1. The number of amides is 1. The molecule has 0 unspecified atom stereocenters. The Hall–Kier alpha value is -2.22. The second-order valence-electron chi connectivity index (χ2n) is 7.46. The lowest BCUT2D eigenvalue weighted by atomic mass is 10.2. The third-order valence-electron chi connectivity index (χ3n) is 5.16. The summed E-state index contributed by atoms with van der Waals surface area (Å²) in [6, 6.07) is 17.1. The monoisotopic (exact) mass is 415 g/mol. The van der Waals surface area contributed by atoms with Gasteiger partial charge in [0, 0.05) is 45.7 Å². The molecule has 6 nitrogen and oxygen atoms in total. The Labute approximate surface area is 173 Å². The van der Waals surface area contributed by atoms with Gasteiger partial charge in [-0.05, 0) is 31.0 Å². The highest BCUT2D eigenvalue weighted by Crippen LogP contribution is 2.11. The van der Waals surface area contributed by atoms with Gasteiger partial charge in [0.05, 0.1) is 4.90 Å². The van der Waals surface area contributed by atoms with Gasteiger partial charge in [-0.1, -0.05) is 48.0 Å². The van der Waals surface area contributed by atoms with E-state index in [9.17, 15) is 13.2 Å². The molecule has 0 spiro atoms. The van der Waals surface area contributed by atoms with E-state index in [2.05, 4.69) is 21.8 Å². The smallest absolute Gasteiger partial charge is 0.240 e. The summed E-state index contributed by atoms with van der Waals surface area (Å²) in [5.41, 5.74) is 2.30. The number of rotatable bonds is 8. The fourth-order valence-electron chi connectivity index (χ4n) is 3.40. The number of hydrogen-bond acceptors (Lipinski definition) is 4. The van der Waals surface area contributed by atoms with Crippen molar-refractivity contribution in [3.8, 4) is 0 Å². The summed E-state index contributed by atoms with van der Waals surface area (Å²) in [5.74, 6) is 0.0962. The molecule has 1 N–H and O–H groups in total. The van der Waals surface area contributed by atoms with Gasteiger partial charge in [0.25, 0.3) is 0 Å². The summed E-state index contributed by atoms with van der Waals surface area (Å²) >= 11 is 0. The Balaban J connectivity index is 1.36. The molecule has 156 valence electrons. The van der Waals surface area contributed by atoms with Crippen molar-refractivity contribution < 1.29 is 13.2 Å². The minimum atomic E-state index is -3.52. The number of nitrogens with zero attached hydrogens (tertiary/aromatic N) is 2. The van der Waals surface area contributed by atoms with Crippen LogP contribution < -0.4 is 4.72 Å². The van der Waals surface area contributed by atoms with Crippen LogP contribution in [0.1, 0.15) is 24.0 Å². The van der Waals surface area contributed by atoms with Crippen LogP contribution in [0.5, 0.6) is 0 Å². The average Bonchev–Trinajstić information content (AvgIpc) is 2.73. The Kier molecular flexibility index (Phi) is 7.41. The quantitative estimate of drug-likeness (QED) is 0.672. The highest BCUT2D eigenvalue weighted by molar-refractivity contribution is 7.89. The zero-order valence-corrected chi connectivity index (χ0v) is 17.7. The van der Waals surface area contributed by atoms with Gasteiger partial charge < -0.3 is 4.90 Å². The predicted octanol–water partition coefficient (Wildman–Crippen LogP) is 2.40. The van der Waals surface area contributed by atoms with Gasteiger partial charge in [0.2, 0.25) is 15.9 Å². The molecule has 29 heavy (non-hydrogen) atoms. The molecule has 0 radical (unpaired) electrons. The maximum Gasteiger partial charge on any atom is 0.240 e. The molecule has 7 heteroatoms. The molecule has 1 aliphatic rings. The summed E-state index contributed by atoms with van der Waals surface area (Å²) in [7, 11) is -3.52. The van der Waals surface area contributed by atoms with Crippen molar-refractivity contribution in [2.24, 2.45) is 0 Å². The molecule has 0 saturated carbocycles. The highest BCUT2D eigenvalue weighted by atomic mass is 32.2. The summed E-state index contributed by atoms with van der Waals surface area (Å²) in [4.78, 5) is 16.9. The van der Waals surface area contributed by atoms with Crippen LogP contribution in [-0.4, -0.2) is 56.8 Å². The third-order valence-corrected chi connectivity index (χ3v) is 6.64. The van der Waals surface area contributed by atoms with E-state index in [1.165, 1.54) is 5.56 Å². The van der Waals surface area contributed by atoms with Crippen LogP contribution in [0.3, 0.4) is 0 Å². The topological polar surface area (TPSA) is 69.7 Å². The van der Waals surface area contributed by atoms with Gasteiger partial charge in [0.15, 0.2) is 0 Å². The summed E-state index contributed by atoms with van der Waals surface area (Å²) in [5, 5.41) is 0. The average molecular weight is 416 g/mol. The lowest BCUT2D eigenvalue weighted by molar-refractivity contribution is -0.133. The second kappa shape index (κ2) is 10.0. The van der Waals surface area contributed by atoms with Crippen LogP contribution in [0.4, 0.5) is 0 Å². The molecule has 1 aliphatic heterocycles. The highest BCUT2D eigenvalue weighted by Gasteiger charge is 2.21. The van der Waals surface area contributed by atoms with E-state index in [1.54, 1.807) is 24.3 Å². The molecule has 0 bridgehead atoms. The lowest BCUT2D eigenvalue weighted by Crippen LogP contribution is -2.48. The number of nitrogens with one attached hydrogen (secondary N) is 1. The number of carbonyl (C=O) groups is 1. The van der Waals surface area contributed by atoms with Crippen LogP contribution in [0.25, 0.3) is 0 Å². The van der Waals surface area contributed by atoms with Gasteiger partial charge in [0.1, 0.15) is 0 Å². The van der Waals surface area contributed by atoms with E-state index in [0.29, 0.717) is 12.8 Å². The van der Waals surface area contributed by atoms with Crippen molar-refractivity contribution in [3.05, 3.63) is 65.7 Å². The first-order chi connectivity index (χ1) is 13.9. The number of aryl methyl sites for hydroxylation is 1. The molecule has 0 aromatic heterocycles. The first-order valence-corrected chi connectivity index (χ1v) is 11.5. The van der Waals surface area contributed by atoms with Gasteiger partial charge in [-0.15, -0.1) is 0 Å². The number of benzene rings is 2. The van der Waals surface area contributed by atoms with Crippen molar-refractivity contribution in [2.75, 3.05) is 32.7 Å². The predicted molar refractivity (Wildman–Crippen MR) is 114 cm³/mol. The normalized spacial score (nSPS) is 15.4. The molecule has 1 saturated heterocycles. The molecule has 2 aromatic rings. The minimum Gasteiger partial charge on any atom is -0.340 e. The standard InChI is InChI=1S/C22H29N3O3S/c1-19-9-11-21(12-10-19)29(27,28)23-13-5-8-22(26)25-16-14-24(15-17-25)18-20-6-3-2-4-7-20/h2-4,6-7,9-12,23H,5,8,13-18H2,1H3. The molecule has 1 fully saturated rings. The van der Waals surface area contributed by atoms with Crippen molar-refractivity contribution in [1.82, 2.24) is 14.5 Å². The molecule has 3 rings (SSSR count). The van der Waals surface area contributed by atoms with Gasteiger partial charge in [-0.25, -0.2) is 13.1 Å². The Morgan fingerprint density at radius 3 is 2.28 bits per heavy atom. The third kappa shape index (κ3) is 6.39. The molecule has 0 atom stereocenters. The zero-order chi connectivity index (χ0) is 20.7. The van der Waals surface area contributed by atoms with E-state index >= 15 is 0 Å². The van der Waals surface area contributed by atoms with Crippen molar-refractivity contribution in [2.45, 2.75) is 31.2 Å². The largest absolute Gasteiger partial charge is 0.340 e. The zero-order valence-electron chi connectivity index (χ0n) is 16.9. The molecule has 1 heterocycles. The first kappa shape index (κ1) is 21.5. The van der Waals surface area contributed by atoms with E-state index in [1.807, 2.05) is 30.0 Å². The maximum atomic E-state index is 12.4. The Morgan fingerprint density at radius 2 is 1.62 bits per heavy atom. The maximum absolute atomic E-state index is 12.4. The van der Waals surface area contributed by atoms with E-state index in [4.69, 9.17) is 0 Å². The molecule has 2 aromatic carbocycles. The van der Waals surface area contributed by atoms with Crippen molar-refractivity contribution in [1.29, 1.82) is 0 Å². The Bertz CT molecular complexity index is 891. The second-order valence-corrected chi connectivity index (χ2v) is 9.22. The first-order valence-electron chi connectivity index (χ1n) is 10.0. The molecular weight excluding hydrogens is 386 g/mol. The Morgan fingerprint density at radius 1 is 0.966 bits per heavy atom. The van der Waals surface area contributed by atoms with Crippen LogP contribution in [0.2, 0.25) is 0 Å². The van der Waals surface area contributed by atoms with Gasteiger partial charge in [-0.3, -0.25) is 9.69 Å². The van der Waals surface area contributed by atoms with Crippen LogP contribution >= 0.6 is 0 Å². The van der Waals surface area contributed by atoms with Gasteiger partial charge >= 0.3 is 0 Å². The summed E-state index contributed by atoms with van der Waals surface area (Å²) in [6.45, 7) is 6.25. The molecule has 1 amide bonds. The van der Waals surface area contributed by atoms with Crippen LogP contribution in [0.15, 0.2) is 59.5 Å². The fraction of sp³-hybridized carbons (Fsp3) is 0.409. The number of sulfonamides is 1. The summed E-state index contributed by atoms with van der Waals surface area (Å²) in [6.07, 6.45) is 0.850. The number of hydrogen-bond donors (Lipinski definition) is 1. The minimum absolute atomic E-state index is 0.0962. The van der Waals surface area contributed by atoms with Gasteiger partial charge in [-0.2, -0.15) is 0 Å². The van der Waals surface area contributed by atoms with Crippen molar-refractivity contribution >= 4 is 15.9 Å². The van der Waals surface area contributed by atoms with E-state index in [-0.39, 0.29) is 17.3 Å². The van der Waals surface area contributed by atoms with Crippen LogP contribution in [0, 0.1) is 6.92 Å². The van der Waals surface area contributed by atoms with E-state index < -0.39 is 10.0 Å². The molecule has 0 aliphatic carbocycles. The lowest BCUT2D eigenvalue weighted by Gasteiger charge is -2.34. The number of carbonyl (C=O) groups excluding carboxylic acids is 1. The van der Waals surface area contributed by atoms with Crippen molar-refractivity contribution in [3.63, 3.8) is 0 Å². The summed E-state index contributed by atoms with van der Waals surface area (Å²) < 4.78 is 27.1. The van der Waals surface area contributed by atoms with E-state index in [0.717, 1.165) is 38.3 Å².